The van der Waals surface area contributed by atoms with E-state index in [2.05, 4.69) is 20.5 Å². The summed E-state index contributed by atoms with van der Waals surface area (Å²) in [6, 6.07) is 0. The lowest BCUT2D eigenvalue weighted by atomic mass is 10.2. The van der Waals surface area contributed by atoms with Gasteiger partial charge in [-0.15, -0.1) is 21.5 Å². The molecule has 2 aromatic heterocycles. The summed E-state index contributed by atoms with van der Waals surface area (Å²) in [6.07, 6.45) is 0.0224. The van der Waals surface area contributed by atoms with Crippen LogP contribution in [0.25, 0.3) is 0 Å². The smallest absolute Gasteiger partial charge is 0.355 e. The zero-order valence-corrected chi connectivity index (χ0v) is 12.4. The molecular weight excluding hydrogens is 300 g/mol. The Morgan fingerprint density at radius 2 is 2.15 bits per heavy atom. The molecule has 0 atom stereocenters. The molecule has 0 unspecified atom stereocenters. The zero-order chi connectivity index (χ0) is 14.7. The van der Waals surface area contributed by atoms with E-state index in [-0.39, 0.29) is 23.9 Å². The topological polar surface area (TPSA) is 105 Å². The molecule has 106 valence electrons. The summed E-state index contributed by atoms with van der Waals surface area (Å²) < 4.78 is 0. The van der Waals surface area contributed by atoms with Crippen molar-refractivity contribution in [1.82, 2.24) is 15.2 Å². The highest BCUT2D eigenvalue weighted by Gasteiger charge is 2.14. The van der Waals surface area contributed by atoms with Crippen LogP contribution < -0.4 is 5.32 Å². The third-order valence-corrected chi connectivity index (χ3v) is 4.25. The number of hydrogen-bond acceptors (Lipinski definition) is 7. The van der Waals surface area contributed by atoms with Crippen LogP contribution in [0.4, 0.5) is 5.13 Å². The Hall–Kier alpha value is -1.87. The van der Waals surface area contributed by atoms with Crippen molar-refractivity contribution in [1.29, 1.82) is 0 Å². The van der Waals surface area contributed by atoms with Gasteiger partial charge in [-0.05, 0) is 0 Å². The van der Waals surface area contributed by atoms with Crippen molar-refractivity contribution in [3.8, 4) is 0 Å². The van der Waals surface area contributed by atoms with Gasteiger partial charge >= 0.3 is 5.97 Å². The van der Waals surface area contributed by atoms with Gasteiger partial charge in [0.2, 0.25) is 11.0 Å². The van der Waals surface area contributed by atoms with E-state index < -0.39 is 5.97 Å². The lowest BCUT2D eigenvalue weighted by Gasteiger charge is -1.98. The zero-order valence-electron chi connectivity index (χ0n) is 10.8. The van der Waals surface area contributed by atoms with Crippen LogP contribution in [0.5, 0.6) is 0 Å². The summed E-state index contributed by atoms with van der Waals surface area (Å²) in [5.41, 5.74) is -0.0455. The maximum absolute atomic E-state index is 11.8. The summed E-state index contributed by atoms with van der Waals surface area (Å²) >= 11 is 2.47. The minimum Gasteiger partial charge on any atom is -0.476 e. The van der Waals surface area contributed by atoms with E-state index in [1.807, 2.05) is 13.8 Å². The van der Waals surface area contributed by atoms with Crippen molar-refractivity contribution in [3.63, 3.8) is 0 Å². The number of thiazole rings is 1. The molecule has 2 N–H and O–H groups in total. The number of aromatic nitrogens is 3. The predicted molar refractivity (Wildman–Crippen MR) is 75.4 cm³/mol. The standard InChI is InChI=1S/C11H12N4O3S2/c1-5(2)9-14-15-11(20-9)13-7(16)3-8-12-6(4-19-8)10(17)18/h4-5H,3H2,1-2H3,(H,17,18)(H,13,15,16). The van der Waals surface area contributed by atoms with E-state index in [1.54, 1.807) is 0 Å². The number of carboxylic acid groups (broad SMARTS) is 1. The molecule has 0 radical (unpaired) electrons. The SMILES string of the molecule is CC(C)c1nnc(NC(=O)Cc2nc(C(=O)O)cs2)s1. The van der Waals surface area contributed by atoms with Gasteiger partial charge in [0.15, 0.2) is 5.69 Å². The second-order valence-electron chi connectivity index (χ2n) is 4.26. The number of nitrogens with one attached hydrogen (secondary N) is 1. The Morgan fingerprint density at radius 3 is 2.70 bits per heavy atom. The molecule has 7 nitrogen and oxygen atoms in total. The fourth-order valence-corrected chi connectivity index (χ4v) is 2.84. The Kier molecular flexibility index (Phi) is 4.40. The lowest BCUT2D eigenvalue weighted by Crippen LogP contribution is -2.14. The van der Waals surface area contributed by atoms with Crippen LogP contribution in [0, 0.1) is 0 Å². The number of hydrogen-bond donors (Lipinski definition) is 2. The first kappa shape index (κ1) is 14.5. The summed E-state index contributed by atoms with van der Waals surface area (Å²) in [7, 11) is 0. The molecule has 1 amide bonds. The maximum atomic E-state index is 11.8. The third-order valence-electron chi connectivity index (χ3n) is 2.26. The van der Waals surface area contributed by atoms with Crippen LogP contribution in [0.1, 0.15) is 40.3 Å². The predicted octanol–water partition coefficient (Wildman–Crippen LogP) is 2.00. The Bertz CT molecular complexity index is 635. The normalized spacial score (nSPS) is 10.8. The summed E-state index contributed by atoms with van der Waals surface area (Å²) in [5, 5.41) is 22.4. The van der Waals surface area contributed by atoms with Gasteiger partial charge in [-0.1, -0.05) is 25.2 Å². The van der Waals surface area contributed by atoms with Gasteiger partial charge < -0.3 is 10.4 Å². The van der Waals surface area contributed by atoms with Gasteiger partial charge in [0.1, 0.15) is 10.0 Å². The van der Waals surface area contributed by atoms with Gasteiger partial charge in [-0.2, -0.15) is 0 Å². The van der Waals surface area contributed by atoms with Crippen molar-refractivity contribution >= 4 is 39.7 Å². The first-order chi connectivity index (χ1) is 9.45. The van der Waals surface area contributed by atoms with Crippen LogP contribution in [0.15, 0.2) is 5.38 Å². The fourth-order valence-electron chi connectivity index (χ4n) is 1.31. The number of anilines is 1. The van der Waals surface area contributed by atoms with Crippen LogP contribution in [-0.4, -0.2) is 32.2 Å². The number of nitrogens with zero attached hydrogens (tertiary/aromatic N) is 3. The molecule has 0 aliphatic carbocycles. The van der Waals surface area contributed by atoms with E-state index in [9.17, 15) is 9.59 Å². The lowest BCUT2D eigenvalue weighted by molar-refractivity contribution is -0.115. The number of aromatic carboxylic acids is 1. The molecule has 0 saturated carbocycles. The minimum absolute atomic E-state index is 0.0224. The largest absolute Gasteiger partial charge is 0.476 e. The van der Waals surface area contributed by atoms with Gasteiger partial charge in [0, 0.05) is 11.3 Å². The number of carbonyl (C=O) groups excluding carboxylic acids is 1. The Labute approximate surface area is 122 Å². The average Bonchev–Trinajstić information content (AvgIpc) is 2.98. The van der Waals surface area contributed by atoms with Gasteiger partial charge in [-0.3, -0.25) is 4.79 Å². The third kappa shape index (κ3) is 3.58. The first-order valence-electron chi connectivity index (χ1n) is 5.76. The van der Waals surface area contributed by atoms with Crippen LogP contribution >= 0.6 is 22.7 Å². The molecule has 20 heavy (non-hydrogen) atoms. The monoisotopic (exact) mass is 312 g/mol. The average molecular weight is 312 g/mol. The quantitative estimate of drug-likeness (QED) is 0.874. The highest BCUT2D eigenvalue weighted by molar-refractivity contribution is 7.15. The first-order valence-corrected chi connectivity index (χ1v) is 7.46. The fraction of sp³-hybridized carbons (Fsp3) is 0.364. The van der Waals surface area contributed by atoms with Gasteiger partial charge in [0.05, 0.1) is 6.42 Å². The Morgan fingerprint density at radius 1 is 1.40 bits per heavy atom. The molecule has 0 aliphatic rings. The van der Waals surface area contributed by atoms with Crippen molar-refractivity contribution < 1.29 is 14.7 Å². The summed E-state index contributed by atoms with van der Waals surface area (Å²) in [6.45, 7) is 3.99. The van der Waals surface area contributed by atoms with Crippen molar-refractivity contribution in [2.24, 2.45) is 0 Å². The molecule has 0 fully saturated rings. The van der Waals surface area contributed by atoms with Crippen molar-refractivity contribution in [3.05, 3.63) is 21.1 Å². The molecule has 2 rings (SSSR count). The highest BCUT2D eigenvalue weighted by Crippen LogP contribution is 2.22. The van der Waals surface area contributed by atoms with E-state index >= 15 is 0 Å². The van der Waals surface area contributed by atoms with Crippen molar-refractivity contribution in [2.45, 2.75) is 26.2 Å². The van der Waals surface area contributed by atoms with Gasteiger partial charge in [-0.25, -0.2) is 9.78 Å². The second-order valence-corrected chi connectivity index (χ2v) is 6.21. The number of amides is 1. The summed E-state index contributed by atoms with van der Waals surface area (Å²) in [5.74, 6) is -1.13. The number of carbonyl (C=O) groups is 2. The summed E-state index contributed by atoms with van der Waals surface area (Å²) in [4.78, 5) is 26.3. The van der Waals surface area contributed by atoms with E-state index in [4.69, 9.17) is 5.11 Å². The van der Waals surface area contributed by atoms with Crippen LogP contribution in [0.3, 0.4) is 0 Å². The van der Waals surface area contributed by atoms with Gasteiger partial charge in [0.25, 0.3) is 0 Å². The molecule has 9 heteroatoms. The van der Waals surface area contributed by atoms with Crippen LogP contribution in [0.2, 0.25) is 0 Å². The minimum atomic E-state index is -1.10. The molecule has 0 saturated heterocycles. The Balaban J connectivity index is 1.95. The molecule has 2 heterocycles. The number of rotatable bonds is 5. The molecule has 2 aromatic rings. The van der Waals surface area contributed by atoms with Crippen LogP contribution in [-0.2, 0) is 11.2 Å². The van der Waals surface area contributed by atoms with E-state index in [1.165, 1.54) is 16.7 Å². The molecular formula is C11H12N4O3S2. The van der Waals surface area contributed by atoms with Crippen molar-refractivity contribution in [2.75, 3.05) is 5.32 Å². The van der Waals surface area contributed by atoms with E-state index in [0.717, 1.165) is 16.3 Å². The number of carboxylic acids is 1. The maximum Gasteiger partial charge on any atom is 0.355 e. The highest BCUT2D eigenvalue weighted by atomic mass is 32.1. The molecule has 0 bridgehead atoms. The molecule has 0 aliphatic heterocycles. The van der Waals surface area contributed by atoms with E-state index in [0.29, 0.717) is 10.1 Å². The molecule has 0 spiro atoms. The molecule has 0 aromatic carbocycles. The second kappa shape index (κ2) is 6.06.